The first-order valence-corrected chi connectivity index (χ1v) is 27.8. The molecule has 3 N–H and O–H groups in total. The summed E-state index contributed by atoms with van der Waals surface area (Å²) in [5, 5.41) is 10.3. The van der Waals surface area contributed by atoms with Crippen LogP contribution in [0.15, 0.2) is 0 Å². The highest BCUT2D eigenvalue weighted by Crippen LogP contribution is 2.45. The van der Waals surface area contributed by atoms with E-state index in [-0.39, 0.29) is 25.7 Å². The fourth-order valence-electron chi connectivity index (χ4n) is 6.47. The Bertz CT molecular complexity index is 1300. The number of ether oxygens (including phenoxy) is 4. The van der Waals surface area contributed by atoms with Crippen molar-refractivity contribution in [3.63, 3.8) is 0 Å². The van der Waals surface area contributed by atoms with Crippen LogP contribution < -0.4 is 0 Å². The summed E-state index contributed by atoms with van der Waals surface area (Å²) in [7, 11) is -9.78. The van der Waals surface area contributed by atoms with E-state index in [9.17, 15) is 43.2 Å². The van der Waals surface area contributed by atoms with E-state index in [0.717, 1.165) is 51.4 Å². The molecule has 0 spiro atoms. The summed E-state index contributed by atoms with van der Waals surface area (Å²) in [5.41, 5.74) is 0. The van der Waals surface area contributed by atoms with Crippen molar-refractivity contribution in [2.75, 3.05) is 39.6 Å². The quantitative estimate of drug-likeness (QED) is 0.0222. The van der Waals surface area contributed by atoms with E-state index in [1.165, 1.54) is 96.8 Å². The number of unbranched alkanes of at least 4 members (excludes halogenated alkanes) is 22. The average Bonchev–Trinajstić information content (AvgIpc) is 3.28. The van der Waals surface area contributed by atoms with Crippen molar-refractivity contribution in [2.24, 2.45) is 0 Å². The average molecular weight is 975 g/mol. The van der Waals surface area contributed by atoms with Crippen molar-refractivity contribution in [1.29, 1.82) is 0 Å². The molecule has 0 aliphatic heterocycles. The Morgan fingerprint density at radius 3 is 1.02 bits per heavy atom. The van der Waals surface area contributed by atoms with Crippen LogP contribution in [-0.2, 0) is 65.4 Å². The largest absolute Gasteiger partial charge is 0.472 e. The van der Waals surface area contributed by atoms with Crippen LogP contribution in [0.4, 0.5) is 0 Å². The zero-order chi connectivity index (χ0) is 48.4. The first kappa shape index (κ1) is 63.1. The molecular formula is C46H88O17P2. The second-order valence-corrected chi connectivity index (χ2v) is 19.7. The number of aliphatic hydroxyl groups is 1. The van der Waals surface area contributed by atoms with Gasteiger partial charge in [-0.2, -0.15) is 0 Å². The van der Waals surface area contributed by atoms with E-state index in [1.54, 1.807) is 0 Å². The van der Waals surface area contributed by atoms with Gasteiger partial charge in [0.05, 0.1) is 26.4 Å². The van der Waals surface area contributed by atoms with Gasteiger partial charge in [0.1, 0.15) is 19.3 Å². The monoisotopic (exact) mass is 975 g/mol. The predicted octanol–water partition coefficient (Wildman–Crippen LogP) is 10.9. The molecule has 65 heavy (non-hydrogen) atoms. The lowest BCUT2D eigenvalue weighted by molar-refractivity contribution is -0.161. The van der Waals surface area contributed by atoms with Crippen molar-refractivity contribution in [3.05, 3.63) is 0 Å². The standard InChI is InChI=1S/C46H88O17P2/c1-5-9-12-14-16-18-19-20-21-22-23-24-26-28-30-33-45(50)57-37-42(63-46(51)31-11-7-3)39-61-65(54,55)59-35-40(47)34-58-64(52,53)60-38-41(62-43(48)8-4)36-56-44(49)32-29-27-25-17-15-13-10-6-2/h40-42,47H,5-39H2,1-4H3,(H,52,53)(H,54,55)/t40-,41-,42-/m1/s1. The summed E-state index contributed by atoms with van der Waals surface area (Å²) in [6, 6.07) is 0. The summed E-state index contributed by atoms with van der Waals surface area (Å²) in [5.74, 6) is -2.29. The first-order valence-electron chi connectivity index (χ1n) is 24.8. The van der Waals surface area contributed by atoms with E-state index in [4.69, 9.17) is 37.0 Å². The Balaban J connectivity index is 4.66. The molecule has 0 radical (unpaired) electrons. The number of hydrogen-bond acceptors (Lipinski definition) is 15. The Morgan fingerprint density at radius 1 is 0.385 bits per heavy atom. The molecule has 0 aromatic rings. The Labute approximate surface area is 390 Å². The molecule has 0 aliphatic rings. The molecule has 0 saturated carbocycles. The maximum atomic E-state index is 12.6. The highest BCUT2D eigenvalue weighted by atomic mass is 31.2. The minimum atomic E-state index is -4.90. The van der Waals surface area contributed by atoms with Gasteiger partial charge in [-0.15, -0.1) is 0 Å². The van der Waals surface area contributed by atoms with E-state index >= 15 is 0 Å². The van der Waals surface area contributed by atoms with Gasteiger partial charge in [-0.25, -0.2) is 9.13 Å². The Morgan fingerprint density at radius 2 is 0.677 bits per heavy atom. The van der Waals surface area contributed by atoms with Crippen LogP contribution in [-0.4, -0.2) is 96.7 Å². The normalized spacial score (nSPS) is 14.8. The molecule has 0 heterocycles. The van der Waals surface area contributed by atoms with Gasteiger partial charge in [0.25, 0.3) is 0 Å². The van der Waals surface area contributed by atoms with E-state index in [1.807, 2.05) is 6.92 Å². The van der Waals surface area contributed by atoms with Gasteiger partial charge in [0.15, 0.2) is 12.2 Å². The highest BCUT2D eigenvalue weighted by molar-refractivity contribution is 7.47. The molecule has 384 valence electrons. The number of hydrogen-bond donors (Lipinski definition) is 3. The van der Waals surface area contributed by atoms with Crippen LogP contribution in [0.25, 0.3) is 0 Å². The molecule has 19 heteroatoms. The zero-order valence-corrected chi connectivity index (χ0v) is 42.2. The summed E-state index contributed by atoms with van der Waals surface area (Å²) < 4.78 is 65.6. The van der Waals surface area contributed by atoms with Gasteiger partial charge < -0.3 is 33.8 Å². The number of phosphoric acid groups is 2. The summed E-state index contributed by atoms with van der Waals surface area (Å²) in [4.78, 5) is 69.4. The maximum Gasteiger partial charge on any atom is 0.472 e. The number of phosphoric ester groups is 2. The van der Waals surface area contributed by atoms with Gasteiger partial charge in [-0.05, 0) is 19.3 Å². The second kappa shape index (κ2) is 42.2. The highest BCUT2D eigenvalue weighted by Gasteiger charge is 2.30. The lowest BCUT2D eigenvalue weighted by atomic mass is 10.0. The number of esters is 4. The van der Waals surface area contributed by atoms with Crippen molar-refractivity contribution < 1.29 is 80.2 Å². The van der Waals surface area contributed by atoms with Crippen LogP contribution in [0.5, 0.6) is 0 Å². The van der Waals surface area contributed by atoms with Crippen LogP contribution in [0.1, 0.15) is 214 Å². The van der Waals surface area contributed by atoms with Crippen LogP contribution >= 0.6 is 15.6 Å². The minimum Gasteiger partial charge on any atom is -0.462 e. The first-order chi connectivity index (χ1) is 31.2. The van der Waals surface area contributed by atoms with Gasteiger partial charge in [0, 0.05) is 25.7 Å². The molecule has 0 fully saturated rings. The molecule has 0 bridgehead atoms. The lowest BCUT2D eigenvalue weighted by Crippen LogP contribution is -2.30. The van der Waals surface area contributed by atoms with Crippen molar-refractivity contribution >= 4 is 39.5 Å². The van der Waals surface area contributed by atoms with Crippen LogP contribution in [0.2, 0.25) is 0 Å². The van der Waals surface area contributed by atoms with Crippen molar-refractivity contribution in [3.8, 4) is 0 Å². The molecule has 0 aromatic heterocycles. The fourth-order valence-corrected chi connectivity index (χ4v) is 8.04. The predicted molar refractivity (Wildman–Crippen MR) is 248 cm³/mol. The number of carbonyl (C=O) groups excluding carboxylic acids is 4. The van der Waals surface area contributed by atoms with Gasteiger partial charge >= 0.3 is 39.5 Å². The molecular weight excluding hydrogens is 886 g/mol. The molecule has 2 unspecified atom stereocenters. The SMILES string of the molecule is CCCCCCCCCCCCCCCCCC(=O)OC[C@H](COP(=O)(O)OC[C@H](O)COP(=O)(O)OC[C@@H](COC(=O)CCCCCCCCCC)OC(=O)CC)OC(=O)CCCC. The molecule has 17 nitrogen and oxygen atoms in total. The third-order valence-corrected chi connectivity index (χ3v) is 12.3. The number of aliphatic hydroxyl groups excluding tert-OH is 1. The third-order valence-electron chi connectivity index (χ3n) is 10.4. The molecule has 0 aliphatic carbocycles. The van der Waals surface area contributed by atoms with E-state index in [2.05, 4.69) is 13.8 Å². The minimum absolute atomic E-state index is 0.0154. The van der Waals surface area contributed by atoms with Gasteiger partial charge in [-0.3, -0.25) is 37.3 Å². The molecule has 0 aromatic carbocycles. The number of rotatable bonds is 47. The zero-order valence-electron chi connectivity index (χ0n) is 40.4. The fraction of sp³-hybridized carbons (Fsp3) is 0.913. The van der Waals surface area contributed by atoms with Crippen molar-refractivity contribution in [2.45, 2.75) is 232 Å². The topological polar surface area (TPSA) is 237 Å². The van der Waals surface area contributed by atoms with Gasteiger partial charge in [-0.1, -0.05) is 169 Å². The Kier molecular flexibility index (Phi) is 40.9. The molecule has 0 saturated heterocycles. The van der Waals surface area contributed by atoms with E-state index in [0.29, 0.717) is 19.3 Å². The molecule has 0 rings (SSSR count). The maximum absolute atomic E-state index is 12.6. The van der Waals surface area contributed by atoms with Crippen LogP contribution in [0.3, 0.4) is 0 Å². The van der Waals surface area contributed by atoms with E-state index < -0.39 is 97.5 Å². The second-order valence-electron chi connectivity index (χ2n) is 16.7. The van der Waals surface area contributed by atoms with Crippen LogP contribution in [0, 0.1) is 0 Å². The smallest absolute Gasteiger partial charge is 0.462 e. The molecule has 0 amide bonds. The summed E-state index contributed by atoms with van der Waals surface area (Å²) >= 11 is 0. The number of carbonyl (C=O) groups is 4. The third kappa shape index (κ3) is 41.9. The molecule has 5 atom stereocenters. The lowest BCUT2D eigenvalue weighted by Gasteiger charge is -2.21. The Hall–Kier alpha value is -1.94. The van der Waals surface area contributed by atoms with Gasteiger partial charge in [0.2, 0.25) is 0 Å². The summed E-state index contributed by atoms with van der Waals surface area (Å²) in [6.45, 7) is 3.82. The summed E-state index contributed by atoms with van der Waals surface area (Å²) in [6.07, 6.45) is 23.8. The van der Waals surface area contributed by atoms with Crippen molar-refractivity contribution in [1.82, 2.24) is 0 Å².